The van der Waals surface area contributed by atoms with E-state index in [1.54, 1.807) is 6.20 Å². The zero-order valence-electron chi connectivity index (χ0n) is 14.2. The lowest BCUT2D eigenvalue weighted by Crippen LogP contribution is -2.10. The molecule has 0 aliphatic carbocycles. The van der Waals surface area contributed by atoms with Crippen molar-refractivity contribution in [2.24, 2.45) is 5.73 Å². The molecule has 3 rings (SSSR count). The van der Waals surface area contributed by atoms with Gasteiger partial charge in [0.1, 0.15) is 11.4 Å². The number of aromatic nitrogens is 1. The molecule has 0 atom stereocenters. The van der Waals surface area contributed by atoms with Crippen LogP contribution in [-0.4, -0.2) is 22.2 Å². The predicted octanol–water partition coefficient (Wildman–Crippen LogP) is 3.62. The first kappa shape index (κ1) is 19.7. The largest absolute Gasteiger partial charge is 0.506 e. The van der Waals surface area contributed by atoms with Crippen molar-refractivity contribution in [2.45, 2.75) is 0 Å². The topological polar surface area (TPSA) is 100 Å². The van der Waals surface area contributed by atoms with Crippen LogP contribution in [0.5, 0.6) is 5.75 Å². The highest BCUT2D eigenvalue weighted by Gasteiger charge is 2.03. The Bertz CT molecular complexity index is 991. The van der Waals surface area contributed by atoms with Gasteiger partial charge < -0.3 is 16.2 Å². The Morgan fingerprint density at radius 3 is 2.41 bits per heavy atom. The van der Waals surface area contributed by atoms with Gasteiger partial charge in [0.15, 0.2) is 0 Å². The molecule has 134 valence electrons. The van der Waals surface area contributed by atoms with E-state index in [0.29, 0.717) is 0 Å². The van der Waals surface area contributed by atoms with Crippen molar-refractivity contribution in [1.82, 2.24) is 4.98 Å². The van der Waals surface area contributed by atoms with E-state index < -0.39 is 5.91 Å². The number of hydrogen-bond donors (Lipinski definition) is 3. The van der Waals surface area contributed by atoms with Crippen molar-refractivity contribution >= 4 is 23.7 Å². The Morgan fingerprint density at radius 1 is 1.11 bits per heavy atom. The fourth-order valence-electron chi connectivity index (χ4n) is 1.90. The smallest absolute Gasteiger partial charge is 0.248 e. The van der Waals surface area contributed by atoms with E-state index in [-0.39, 0.29) is 16.3 Å². The molecule has 0 bridgehead atoms. The van der Waals surface area contributed by atoms with Crippen LogP contribution in [0.4, 0.5) is 0 Å². The van der Waals surface area contributed by atoms with E-state index in [1.165, 1.54) is 24.4 Å². The summed E-state index contributed by atoms with van der Waals surface area (Å²) >= 11 is 5.50. The number of primary amides is 1. The molecule has 0 spiro atoms. The molecule has 0 fully saturated rings. The number of pyridine rings is 1. The molecule has 0 unspecified atom stereocenters. The van der Waals surface area contributed by atoms with Crippen molar-refractivity contribution in [2.75, 3.05) is 0 Å². The number of phenols is 1. The molecule has 0 aliphatic rings. The average Bonchev–Trinajstić information content (AvgIpc) is 2.70. The first-order chi connectivity index (χ1) is 13.0. The Labute approximate surface area is 162 Å². The molecular formula is C21H16ClN3O2. The molecule has 6 heteroatoms. The van der Waals surface area contributed by atoms with Gasteiger partial charge >= 0.3 is 0 Å². The molecule has 1 amide bonds. The van der Waals surface area contributed by atoms with Crippen molar-refractivity contribution in [3.63, 3.8) is 0 Å². The highest BCUT2D eigenvalue weighted by molar-refractivity contribution is 6.32. The average molecular weight is 378 g/mol. The molecule has 27 heavy (non-hydrogen) atoms. The summed E-state index contributed by atoms with van der Waals surface area (Å²) in [6.45, 7) is 0. The van der Waals surface area contributed by atoms with Gasteiger partial charge in [0, 0.05) is 23.5 Å². The molecule has 0 saturated heterocycles. The van der Waals surface area contributed by atoms with Crippen LogP contribution in [0.15, 0.2) is 66.9 Å². The second-order valence-corrected chi connectivity index (χ2v) is 5.67. The molecule has 0 saturated carbocycles. The maximum atomic E-state index is 10.5. The van der Waals surface area contributed by atoms with Gasteiger partial charge in [0.2, 0.25) is 5.91 Å². The number of aromatic hydroxyl groups is 1. The lowest BCUT2D eigenvalue weighted by Gasteiger charge is -1.97. The van der Waals surface area contributed by atoms with Gasteiger partial charge in [-0.2, -0.15) is 0 Å². The van der Waals surface area contributed by atoms with Crippen LogP contribution in [0.25, 0.3) is 0 Å². The number of rotatable bonds is 2. The number of halogens is 1. The highest BCUT2D eigenvalue weighted by Crippen LogP contribution is 2.23. The highest BCUT2D eigenvalue weighted by atomic mass is 35.5. The number of nitrogens with one attached hydrogen (secondary N) is 1. The zero-order chi connectivity index (χ0) is 19.6. The van der Waals surface area contributed by atoms with Gasteiger partial charge in [-0.3, -0.25) is 4.79 Å². The Kier molecular flexibility index (Phi) is 7.12. The number of amides is 1. The van der Waals surface area contributed by atoms with Gasteiger partial charge in [-0.05, 0) is 53.9 Å². The third-order valence-electron chi connectivity index (χ3n) is 3.31. The fourth-order valence-corrected chi connectivity index (χ4v) is 2.08. The number of carbonyl (C=O) groups is 1. The van der Waals surface area contributed by atoms with Crippen LogP contribution in [-0.2, 0) is 0 Å². The van der Waals surface area contributed by atoms with Crippen LogP contribution < -0.4 is 5.73 Å². The Hall–Kier alpha value is -3.62. The Balaban J connectivity index is 0.000000208. The zero-order valence-corrected chi connectivity index (χ0v) is 14.9. The van der Waals surface area contributed by atoms with Crippen molar-refractivity contribution in [1.29, 1.82) is 5.41 Å². The van der Waals surface area contributed by atoms with Gasteiger partial charge in [0.25, 0.3) is 0 Å². The molecule has 0 radical (unpaired) electrons. The summed E-state index contributed by atoms with van der Waals surface area (Å²) in [5.41, 5.74) is 7.81. The third-order valence-corrected chi connectivity index (χ3v) is 3.61. The minimum Gasteiger partial charge on any atom is -0.506 e. The summed E-state index contributed by atoms with van der Waals surface area (Å²) in [4.78, 5) is 14.7. The summed E-state index contributed by atoms with van der Waals surface area (Å²) in [5, 5.41) is 16.1. The quantitative estimate of drug-likeness (QED) is 0.469. The molecule has 1 heterocycles. The van der Waals surface area contributed by atoms with E-state index in [9.17, 15) is 4.79 Å². The summed E-state index contributed by atoms with van der Waals surface area (Å²) < 4.78 is 0. The summed E-state index contributed by atoms with van der Waals surface area (Å²) in [6.07, 6.45) is 3.04. The summed E-state index contributed by atoms with van der Waals surface area (Å²) in [6, 6.07) is 17.2. The minimum atomic E-state index is -0.563. The second kappa shape index (κ2) is 9.76. The standard InChI is InChI=1S/C14H10N2.C7H6ClNO2/c15-11-13-6-4-12(5-7-13)8-9-14-3-1-2-10-16-14;8-5-3-4(7(9)11)1-2-6(5)10/h1-7,10-11,15H;1-3,10H,(H2,9,11). The molecule has 2 aromatic carbocycles. The lowest BCUT2D eigenvalue weighted by molar-refractivity contribution is 0.100. The van der Waals surface area contributed by atoms with Crippen LogP contribution in [0.1, 0.15) is 27.2 Å². The first-order valence-corrected chi connectivity index (χ1v) is 8.19. The predicted molar refractivity (Wildman–Crippen MR) is 106 cm³/mol. The van der Waals surface area contributed by atoms with E-state index in [1.807, 2.05) is 42.5 Å². The van der Waals surface area contributed by atoms with Crippen LogP contribution in [0.2, 0.25) is 5.02 Å². The van der Waals surface area contributed by atoms with E-state index in [4.69, 9.17) is 27.9 Å². The first-order valence-electron chi connectivity index (χ1n) is 7.81. The van der Waals surface area contributed by atoms with Crippen LogP contribution in [0.3, 0.4) is 0 Å². The normalized spacial score (nSPS) is 9.22. The minimum absolute atomic E-state index is 0.0586. The molecule has 5 nitrogen and oxygen atoms in total. The third kappa shape index (κ3) is 6.31. The molecule has 4 N–H and O–H groups in total. The van der Waals surface area contributed by atoms with Gasteiger partial charge in [-0.1, -0.05) is 35.7 Å². The van der Waals surface area contributed by atoms with Crippen LogP contribution >= 0.6 is 11.6 Å². The number of nitrogens with two attached hydrogens (primary N) is 1. The number of nitrogens with zero attached hydrogens (tertiary/aromatic N) is 1. The van der Waals surface area contributed by atoms with Crippen molar-refractivity contribution in [3.8, 4) is 17.6 Å². The lowest BCUT2D eigenvalue weighted by atomic mass is 10.1. The summed E-state index contributed by atoms with van der Waals surface area (Å²) in [7, 11) is 0. The molecule has 0 aliphatic heterocycles. The molecular weight excluding hydrogens is 362 g/mol. The Morgan fingerprint density at radius 2 is 1.85 bits per heavy atom. The number of hydrogen-bond acceptors (Lipinski definition) is 4. The van der Waals surface area contributed by atoms with Crippen molar-refractivity contribution < 1.29 is 9.90 Å². The number of benzene rings is 2. The maximum absolute atomic E-state index is 10.5. The SMILES string of the molecule is N=Cc1ccc(C#Cc2ccccn2)cc1.NC(=O)c1ccc(O)c(Cl)c1. The van der Waals surface area contributed by atoms with Crippen LogP contribution in [0, 0.1) is 17.3 Å². The van der Waals surface area contributed by atoms with Gasteiger partial charge in [-0.15, -0.1) is 0 Å². The van der Waals surface area contributed by atoms with Crippen molar-refractivity contribution in [3.05, 3.63) is 94.3 Å². The fraction of sp³-hybridized carbons (Fsp3) is 0. The van der Waals surface area contributed by atoms with Gasteiger partial charge in [-0.25, -0.2) is 4.98 Å². The maximum Gasteiger partial charge on any atom is 0.248 e. The van der Waals surface area contributed by atoms with E-state index in [0.717, 1.165) is 16.8 Å². The van der Waals surface area contributed by atoms with E-state index in [2.05, 4.69) is 16.8 Å². The van der Waals surface area contributed by atoms with Gasteiger partial charge in [0.05, 0.1) is 5.02 Å². The molecule has 3 aromatic rings. The summed E-state index contributed by atoms with van der Waals surface area (Å²) in [5.74, 6) is 5.38. The van der Waals surface area contributed by atoms with E-state index >= 15 is 0 Å². The molecule has 1 aromatic heterocycles. The number of carbonyl (C=O) groups excluding carboxylic acids is 1. The monoisotopic (exact) mass is 377 g/mol. The second-order valence-electron chi connectivity index (χ2n) is 5.26. The number of phenolic OH excluding ortho intramolecular Hbond substituents is 1.